The Labute approximate surface area is 165 Å². The molecule has 0 unspecified atom stereocenters. The average molecular weight is 395 g/mol. The Kier molecular flexibility index (Phi) is 3.99. The first-order chi connectivity index (χ1) is 13.2. The Balaban J connectivity index is 1.59. The third-order valence-electron chi connectivity index (χ3n) is 4.84. The number of hydrogen-bond acceptors (Lipinski definition) is 5. The van der Waals surface area contributed by atoms with Crippen molar-refractivity contribution >= 4 is 34.4 Å². The molecule has 5 rings (SSSR count). The van der Waals surface area contributed by atoms with Crippen LogP contribution >= 0.6 is 22.9 Å². The predicted molar refractivity (Wildman–Crippen MR) is 107 cm³/mol. The molecule has 0 radical (unpaired) electrons. The second-order valence-electron chi connectivity index (χ2n) is 6.51. The molecule has 1 aromatic heterocycles. The maximum Gasteiger partial charge on any atom is 0.251 e. The second-order valence-corrected chi connectivity index (χ2v) is 7.89. The number of thiophene rings is 1. The molecular formula is C21H15ClN2O2S. The fraction of sp³-hybridized carbons (Fsp3) is 0.143. The summed E-state index contributed by atoms with van der Waals surface area (Å²) in [5.74, 6) is 0.593. The van der Waals surface area contributed by atoms with Crippen LogP contribution in [0.2, 0.25) is 5.02 Å². The zero-order valence-corrected chi connectivity index (χ0v) is 15.8. The number of nitrogens with zero attached hydrogens (tertiary/aromatic N) is 2. The van der Waals surface area contributed by atoms with Crippen LogP contribution in [0.25, 0.3) is 0 Å². The van der Waals surface area contributed by atoms with Crippen LogP contribution in [0.3, 0.4) is 0 Å². The highest BCUT2D eigenvalue weighted by molar-refractivity contribution is 7.12. The topological polar surface area (TPSA) is 41.9 Å². The van der Waals surface area contributed by atoms with Crippen molar-refractivity contribution in [3.63, 3.8) is 0 Å². The standard InChI is InChI=1S/C21H15ClN2O2S/c22-14-8-9-18-15(11-14)17-12-16(19-7-4-10-27-19)23-24(17)21(26-18)20(25)13-5-2-1-3-6-13/h1-11,17,21H,12H2/t17-,21-/m0/s1. The summed E-state index contributed by atoms with van der Waals surface area (Å²) in [6.07, 6.45) is -0.0704. The fourth-order valence-corrected chi connectivity index (χ4v) is 4.47. The van der Waals surface area contributed by atoms with E-state index < -0.39 is 6.23 Å². The van der Waals surface area contributed by atoms with Gasteiger partial charge in [0.1, 0.15) is 5.75 Å². The minimum absolute atomic E-state index is 0.0674. The molecule has 2 atom stereocenters. The van der Waals surface area contributed by atoms with Gasteiger partial charge in [-0.05, 0) is 29.6 Å². The molecule has 0 bridgehead atoms. The summed E-state index contributed by atoms with van der Waals surface area (Å²) in [6, 6.07) is 18.7. The SMILES string of the molecule is O=C(c1ccccc1)[C@@H]1Oc2ccc(Cl)cc2[C@@H]2CC(c3cccs3)=NN12. The van der Waals surface area contributed by atoms with E-state index >= 15 is 0 Å². The van der Waals surface area contributed by atoms with E-state index in [2.05, 4.69) is 6.07 Å². The van der Waals surface area contributed by atoms with E-state index in [0.29, 0.717) is 16.3 Å². The number of carbonyl (C=O) groups excluding carboxylic acids is 1. The quantitative estimate of drug-likeness (QED) is 0.576. The molecule has 0 aliphatic carbocycles. The highest BCUT2D eigenvalue weighted by atomic mass is 35.5. The number of ketones is 1. The molecule has 0 fully saturated rings. The van der Waals surface area contributed by atoms with Gasteiger partial charge in [-0.1, -0.05) is 48.0 Å². The number of carbonyl (C=O) groups is 1. The number of rotatable bonds is 3. The van der Waals surface area contributed by atoms with Crippen molar-refractivity contribution in [3.05, 3.63) is 87.1 Å². The average Bonchev–Trinajstić information content (AvgIpc) is 3.37. The number of benzene rings is 2. The maximum absolute atomic E-state index is 13.2. The molecule has 3 aromatic rings. The molecule has 27 heavy (non-hydrogen) atoms. The summed E-state index contributed by atoms with van der Waals surface area (Å²) < 4.78 is 6.10. The van der Waals surface area contributed by atoms with Crippen LogP contribution in [0.4, 0.5) is 0 Å². The van der Waals surface area contributed by atoms with Crippen molar-refractivity contribution in [3.8, 4) is 5.75 Å². The van der Waals surface area contributed by atoms with E-state index in [1.54, 1.807) is 34.5 Å². The van der Waals surface area contributed by atoms with Crippen LogP contribution in [0.15, 0.2) is 71.1 Å². The van der Waals surface area contributed by atoms with Crippen molar-refractivity contribution in [2.75, 3.05) is 0 Å². The Morgan fingerprint density at radius 3 is 2.78 bits per heavy atom. The Morgan fingerprint density at radius 2 is 2.00 bits per heavy atom. The van der Waals surface area contributed by atoms with Crippen molar-refractivity contribution in [1.29, 1.82) is 0 Å². The lowest BCUT2D eigenvalue weighted by molar-refractivity contribution is -0.00455. The maximum atomic E-state index is 13.2. The van der Waals surface area contributed by atoms with E-state index in [0.717, 1.165) is 22.6 Å². The van der Waals surface area contributed by atoms with Gasteiger partial charge in [0.05, 0.1) is 16.6 Å². The third kappa shape index (κ3) is 2.83. The second kappa shape index (κ2) is 6.51. The monoisotopic (exact) mass is 394 g/mol. The van der Waals surface area contributed by atoms with Crippen LogP contribution in [0, 0.1) is 0 Å². The number of ether oxygens (including phenoxy) is 1. The molecule has 0 spiro atoms. The molecule has 4 nitrogen and oxygen atoms in total. The molecular weight excluding hydrogens is 380 g/mol. The summed E-state index contributed by atoms with van der Waals surface area (Å²) in [5.41, 5.74) is 2.55. The molecule has 0 saturated heterocycles. The lowest BCUT2D eigenvalue weighted by Gasteiger charge is -2.37. The lowest BCUT2D eigenvalue weighted by Crippen LogP contribution is -2.45. The minimum Gasteiger partial charge on any atom is -0.461 e. The molecule has 0 amide bonds. The van der Waals surface area contributed by atoms with Gasteiger partial charge >= 0.3 is 0 Å². The van der Waals surface area contributed by atoms with E-state index in [-0.39, 0.29) is 11.8 Å². The van der Waals surface area contributed by atoms with Gasteiger partial charge in [-0.2, -0.15) is 5.10 Å². The highest BCUT2D eigenvalue weighted by Gasteiger charge is 2.43. The van der Waals surface area contributed by atoms with Crippen molar-refractivity contribution in [1.82, 2.24) is 5.01 Å². The number of hydrazone groups is 1. The van der Waals surface area contributed by atoms with E-state index in [4.69, 9.17) is 21.4 Å². The Hall–Kier alpha value is -2.63. The molecule has 0 saturated carbocycles. The molecule has 2 aliphatic rings. The van der Waals surface area contributed by atoms with Gasteiger partial charge in [-0.3, -0.25) is 4.79 Å². The Morgan fingerprint density at radius 1 is 1.15 bits per heavy atom. The molecule has 3 heterocycles. The first kappa shape index (κ1) is 16.5. The number of fused-ring (bicyclic) bond motifs is 3. The molecule has 2 aromatic carbocycles. The highest BCUT2D eigenvalue weighted by Crippen LogP contribution is 2.44. The minimum atomic E-state index is -0.788. The van der Waals surface area contributed by atoms with E-state index in [9.17, 15) is 4.79 Å². The van der Waals surface area contributed by atoms with Gasteiger partial charge < -0.3 is 4.74 Å². The van der Waals surface area contributed by atoms with Crippen molar-refractivity contribution in [2.45, 2.75) is 18.7 Å². The van der Waals surface area contributed by atoms with Crippen LogP contribution in [0.5, 0.6) is 5.75 Å². The van der Waals surface area contributed by atoms with Gasteiger partial charge in [-0.25, -0.2) is 5.01 Å². The fourth-order valence-electron chi connectivity index (χ4n) is 3.57. The molecule has 134 valence electrons. The van der Waals surface area contributed by atoms with Gasteiger partial charge in [-0.15, -0.1) is 11.3 Å². The van der Waals surface area contributed by atoms with Crippen molar-refractivity contribution < 1.29 is 9.53 Å². The number of halogens is 1. The summed E-state index contributed by atoms with van der Waals surface area (Å²) >= 11 is 7.87. The predicted octanol–water partition coefficient (Wildman–Crippen LogP) is 5.15. The van der Waals surface area contributed by atoms with Crippen LogP contribution in [0.1, 0.15) is 33.3 Å². The lowest BCUT2D eigenvalue weighted by atomic mass is 9.97. The smallest absolute Gasteiger partial charge is 0.251 e. The van der Waals surface area contributed by atoms with Gasteiger partial charge in [0.15, 0.2) is 0 Å². The normalized spacial score (nSPS) is 20.5. The third-order valence-corrected chi connectivity index (χ3v) is 5.99. The van der Waals surface area contributed by atoms with Crippen LogP contribution in [-0.2, 0) is 0 Å². The van der Waals surface area contributed by atoms with E-state index in [1.807, 2.05) is 41.8 Å². The summed E-state index contributed by atoms with van der Waals surface area (Å²) in [4.78, 5) is 14.3. The van der Waals surface area contributed by atoms with Crippen LogP contribution < -0.4 is 4.74 Å². The summed E-state index contributed by atoms with van der Waals surface area (Å²) in [5, 5.41) is 9.25. The largest absolute Gasteiger partial charge is 0.461 e. The van der Waals surface area contributed by atoms with Gasteiger partial charge in [0.2, 0.25) is 5.78 Å². The van der Waals surface area contributed by atoms with Gasteiger partial charge in [0, 0.05) is 22.6 Å². The Bertz CT molecular complexity index is 1030. The summed E-state index contributed by atoms with van der Waals surface area (Å²) in [7, 11) is 0. The summed E-state index contributed by atoms with van der Waals surface area (Å²) in [6.45, 7) is 0. The number of hydrogen-bond donors (Lipinski definition) is 0. The molecule has 0 N–H and O–H groups in total. The molecule has 6 heteroatoms. The molecule has 2 aliphatic heterocycles. The zero-order valence-electron chi connectivity index (χ0n) is 14.2. The van der Waals surface area contributed by atoms with Crippen LogP contribution in [-0.4, -0.2) is 22.7 Å². The zero-order chi connectivity index (χ0) is 18.4. The number of Topliss-reactive ketones (excluding diaryl/α,β-unsaturated/α-hetero) is 1. The first-order valence-corrected chi connectivity index (χ1v) is 9.91. The first-order valence-electron chi connectivity index (χ1n) is 8.66. The van der Waals surface area contributed by atoms with E-state index in [1.165, 1.54) is 0 Å². The van der Waals surface area contributed by atoms with Gasteiger partial charge in [0.25, 0.3) is 6.23 Å². The van der Waals surface area contributed by atoms with Crippen molar-refractivity contribution in [2.24, 2.45) is 5.10 Å².